The third kappa shape index (κ3) is 6.57. The van der Waals surface area contributed by atoms with Gasteiger partial charge in [-0.1, -0.05) is 45.2 Å². The third-order valence-electron chi connectivity index (χ3n) is 7.07. The molecule has 2 fully saturated rings. The molecular formula is C31H39NO6. The van der Waals surface area contributed by atoms with Gasteiger partial charge >= 0.3 is 0 Å². The minimum Gasteiger partial charge on any atom is -0.507 e. The number of nitrogens with zero attached hydrogens (tertiary/aromatic N) is 1. The van der Waals surface area contributed by atoms with Crippen molar-refractivity contribution in [2.75, 3.05) is 26.4 Å². The largest absolute Gasteiger partial charge is 0.507 e. The molecule has 0 aromatic heterocycles. The van der Waals surface area contributed by atoms with Crippen molar-refractivity contribution in [2.24, 2.45) is 0 Å². The first-order valence-corrected chi connectivity index (χ1v) is 13.9. The van der Waals surface area contributed by atoms with E-state index in [-0.39, 0.29) is 17.4 Å². The molecule has 4 rings (SSSR count). The molecule has 204 valence electrons. The molecule has 2 unspecified atom stereocenters. The van der Waals surface area contributed by atoms with Gasteiger partial charge in [-0.2, -0.15) is 0 Å². The lowest BCUT2D eigenvalue weighted by molar-refractivity contribution is -0.140. The van der Waals surface area contributed by atoms with E-state index in [9.17, 15) is 14.7 Å². The van der Waals surface area contributed by atoms with Gasteiger partial charge in [0.05, 0.1) is 30.9 Å². The molecule has 7 heteroatoms. The van der Waals surface area contributed by atoms with Gasteiger partial charge in [0.2, 0.25) is 0 Å². The van der Waals surface area contributed by atoms with Crippen molar-refractivity contribution in [3.63, 3.8) is 0 Å². The quantitative estimate of drug-likeness (QED) is 0.150. The minimum atomic E-state index is -0.714. The smallest absolute Gasteiger partial charge is 0.295 e. The zero-order chi connectivity index (χ0) is 26.9. The Labute approximate surface area is 225 Å². The second-order valence-electron chi connectivity index (χ2n) is 9.94. The van der Waals surface area contributed by atoms with Crippen LogP contribution >= 0.6 is 0 Å². The number of Topliss-reactive ketones (excluding diaryl/α,β-unsaturated/α-hetero) is 1. The van der Waals surface area contributed by atoms with Crippen molar-refractivity contribution in [3.05, 3.63) is 65.2 Å². The maximum atomic E-state index is 13.3. The summed E-state index contributed by atoms with van der Waals surface area (Å²) in [6, 6.07) is 13.7. The van der Waals surface area contributed by atoms with E-state index in [1.807, 2.05) is 24.3 Å². The number of aliphatic hydroxyl groups excluding tert-OH is 1. The molecule has 0 bridgehead atoms. The highest BCUT2D eigenvalue weighted by molar-refractivity contribution is 6.46. The summed E-state index contributed by atoms with van der Waals surface area (Å²) < 4.78 is 17.4. The number of benzene rings is 2. The van der Waals surface area contributed by atoms with Crippen molar-refractivity contribution in [1.82, 2.24) is 4.90 Å². The summed E-state index contributed by atoms with van der Waals surface area (Å²) in [5.74, 6) is -0.0668. The summed E-state index contributed by atoms with van der Waals surface area (Å²) in [6.07, 6.45) is 6.85. The van der Waals surface area contributed by atoms with Gasteiger partial charge in [0, 0.05) is 18.7 Å². The van der Waals surface area contributed by atoms with E-state index >= 15 is 0 Å². The molecule has 2 aliphatic heterocycles. The van der Waals surface area contributed by atoms with E-state index in [0.717, 1.165) is 56.3 Å². The standard InChI is InChI=1S/C31H39NO6/c1-3-5-7-19-37-24-14-10-22(11-15-24)28-27(30(34)31(35)32(28)21-26-9-8-20-38-26)29(33)23-12-16-25(17-13-23)36-18-6-4-2/h10-17,26,28,33H,3-9,18-21H2,1-2H3/b29-27+. The number of ketones is 1. The molecule has 1 amide bonds. The molecule has 2 aromatic carbocycles. The molecule has 2 saturated heterocycles. The van der Waals surface area contributed by atoms with Gasteiger partial charge in [-0.15, -0.1) is 0 Å². The van der Waals surface area contributed by atoms with Crippen molar-refractivity contribution in [2.45, 2.75) is 70.9 Å². The monoisotopic (exact) mass is 521 g/mol. The fourth-order valence-corrected chi connectivity index (χ4v) is 4.91. The van der Waals surface area contributed by atoms with Gasteiger partial charge in [0.1, 0.15) is 17.3 Å². The first-order valence-electron chi connectivity index (χ1n) is 13.9. The number of unbranched alkanes of at least 4 members (excludes halogenated alkanes) is 3. The van der Waals surface area contributed by atoms with Gasteiger partial charge in [-0.25, -0.2) is 0 Å². The summed E-state index contributed by atoms with van der Waals surface area (Å²) in [7, 11) is 0. The van der Waals surface area contributed by atoms with E-state index in [4.69, 9.17) is 14.2 Å². The number of ether oxygens (including phenoxy) is 3. The van der Waals surface area contributed by atoms with Gasteiger partial charge in [-0.3, -0.25) is 9.59 Å². The van der Waals surface area contributed by atoms with Gasteiger partial charge in [-0.05, 0) is 67.6 Å². The summed E-state index contributed by atoms with van der Waals surface area (Å²) in [5.41, 5.74) is 1.29. The summed E-state index contributed by atoms with van der Waals surface area (Å²) in [6.45, 7) is 6.46. The first kappa shape index (κ1) is 27.7. The van der Waals surface area contributed by atoms with Crippen LogP contribution in [0.3, 0.4) is 0 Å². The van der Waals surface area contributed by atoms with Crippen molar-refractivity contribution >= 4 is 17.4 Å². The average Bonchev–Trinajstić information content (AvgIpc) is 3.54. The Morgan fingerprint density at radius 3 is 2.16 bits per heavy atom. The number of aliphatic hydroxyl groups is 1. The van der Waals surface area contributed by atoms with E-state index in [0.29, 0.717) is 37.7 Å². The van der Waals surface area contributed by atoms with Crippen molar-refractivity contribution in [3.8, 4) is 11.5 Å². The lowest BCUT2D eigenvalue weighted by atomic mass is 9.95. The summed E-state index contributed by atoms with van der Waals surface area (Å²) >= 11 is 0. The Morgan fingerprint density at radius 1 is 0.921 bits per heavy atom. The Morgan fingerprint density at radius 2 is 1.55 bits per heavy atom. The van der Waals surface area contributed by atoms with E-state index < -0.39 is 17.7 Å². The lowest BCUT2D eigenvalue weighted by Gasteiger charge is -2.27. The van der Waals surface area contributed by atoms with Crippen LogP contribution in [0.2, 0.25) is 0 Å². The number of carbonyl (C=O) groups excluding carboxylic acids is 2. The van der Waals surface area contributed by atoms with Crippen LogP contribution in [0.1, 0.15) is 76.0 Å². The van der Waals surface area contributed by atoms with E-state index in [2.05, 4.69) is 13.8 Å². The predicted octanol–water partition coefficient (Wildman–Crippen LogP) is 6.04. The van der Waals surface area contributed by atoms with Gasteiger partial charge in [0.25, 0.3) is 11.7 Å². The van der Waals surface area contributed by atoms with Crippen molar-refractivity contribution in [1.29, 1.82) is 0 Å². The molecular weight excluding hydrogens is 482 g/mol. The summed E-state index contributed by atoms with van der Waals surface area (Å²) in [4.78, 5) is 28.1. The lowest BCUT2D eigenvalue weighted by Crippen LogP contribution is -2.36. The number of rotatable bonds is 13. The molecule has 2 aliphatic rings. The maximum absolute atomic E-state index is 13.3. The second-order valence-corrected chi connectivity index (χ2v) is 9.94. The Hall–Kier alpha value is -3.32. The molecule has 0 saturated carbocycles. The molecule has 0 radical (unpaired) electrons. The van der Waals surface area contributed by atoms with Crippen LogP contribution in [0.25, 0.3) is 5.76 Å². The first-order chi connectivity index (χ1) is 18.5. The number of amides is 1. The molecule has 2 aromatic rings. The van der Waals surface area contributed by atoms with Crippen LogP contribution in [-0.2, 0) is 14.3 Å². The zero-order valence-corrected chi connectivity index (χ0v) is 22.5. The number of carbonyl (C=O) groups is 2. The highest BCUT2D eigenvalue weighted by Crippen LogP contribution is 2.40. The Kier molecular flexibility index (Phi) is 9.82. The van der Waals surface area contributed by atoms with Crippen LogP contribution in [0, 0.1) is 0 Å². The normalized spacial score (nSPS) is 20.7. The van der Waals surface area contributed by atoms with E-state index in [1.165, 1.54) is 0 Å². The number of likely N-dealkylation sites (tertiary alicyclic amines) is 1. The van der Waals surface area contributed by atoms with Crippen LogP contribution in [0.15, 0.2) is 54.1 Å². The number of hydrogen-bond donors (Lipinski definition) is 1. The van der Waals surface area contributed by atoms with E-state index in [1.54, 1.807) is 29.2 Å². The second kappa shape index (κ2) is 13.5. The van der Waals surface area contributed by atoms with Crippen LogP contribution in [0.4, 0.5) is 0 Å². The average molecular weight is 522 g/mol. The van der Waals surface area contributed by atoms with Crippen LogP contribution < -0.4 is 9.47 Å². The molecule has 0 spiro atoms. The van der Waals surface area contributed by atoms with Gasteiger partial charge < -0.3 is 24.2 Å². The van der Waals surface area contributed by atoms with Crippen molar-refractivity contribution < 1.29 is 28.9 Å². The predicted molar refractivity (Wildman–Crippen MR) is 146 cm³/mol. The Balaban J connectivity index is 1.63. The SMILES string of the molecule is CCCCCOc1ccc(C2/C(=C(\O)c3ccc(OCCCC)cc3)C(=O)C(=O)N2CC2CCCO2)cc1. The molecule has 0 aliphatic carbocycles. The number of hydrogen-bond acceptors (Lipinski definition) is 6. The summed E-state index contributed by atoms with van der Waals surface area (Å²) in [5, 5.41) is 11.3. The topological polar surface area (TPSA) is 85.3 Å². The van der Waals surface area contributed by atoms with Crippen LogP contribution in [0.5, 0.6) is 11.5 Å². The Bertz CT molecular complexity index is 1100. The third-order valence-corrected chi connectivity index (χ3v) is 7.07. The minimum absolute atomic E-state index is 0.0873. The highest BCUT2D eigenvalue weighted by Gasteiger charge is 2.47. The maximum Gasteiger partial charge on any atom is 0.295 e. The molecule has 2 atom stereocenters. The molecule has 38 heavy (non-hydrogen) atoms. The fraction of sp³-hybridized carbons (Fsp3) is 0.484. The molecule has 1 N–H and O–H groups in total. The van der Waals surface area contributed by atoms with Crippen LogP contribution in [-0.4, -0.2) is 54.2 Å². The highest BCUT2D eigenvalue weighted by atomic mass is 16.5. The van der Waals surface area contributed by atoms with Gasteiger partial charge in [0.15, 0.2) is 0 Å². The zero-order valence-electron chi connectivity index (χ0n) is 22.5. The molecule has 7 nitrogen and oxygen atoms in total. The fourth-order valence-electron chi connectivity index (χ4n) is 4.91. The molecule has 2 heterocycles.